The Labute approximate surface area is 147 Å². The van der Waals surface area contributed by atoms with E-state index in [2.05, 4.69) is 27.0 Å². The van der Waals surface area contributed by atoms with Crippen LogP contribution in [0.1, 0.15) is 22.6 Å². The number of benzene rings is 1. The zero-order chi connectivity index (χ0) is 17.2. The molecule has 0 fully saturated rings. The Kier molecular flexibility index (Phi) is 4.15. The number of nitrogen functional groups attached to an aromatic ring is 1. The highest BCUT2D eigenvalue weighted by atomic mass is 15.1. The summed E-state index contributed by atoms with van der Waals surface area (Å²) < 4.78 is 0. The fourth-order valence-corrected chi connectivity index (χ4v) is 3.20. The van der Waals surface area contributed by atoms with E-state index in [4.69, 9.17) is 10.7 Å². The van der Waals surface area contributed by atoms with Crippen LogP contribution >= 0.6 is 0 Å². The Bertz CT molecular complexity index is 889. The molecule has 3 heterocycles. The Balaban J connectivity index is 1.51. The van der Waals surface area contributed by atoms with E-state index in [1.54, 1.807) is 0 Å². The summed E-state index contributed by atoms with van der Waals surface area (Å²) in [6, 6.07) is 13.9. The second-order valence-electron chi connectivity index (χ2n) is 6.52. The molecule has 0 spiro atoms. The molecular formula is C20H21N5. The zero-order valence-electron chi connectivity index (χ0n) is 14.3. The van der Waals surface area contributed by atoms with Crippen LogP contribution in [0.15, 0.2) is 48.7 Å². The van der Waals surface area contributed by atoms with Gasteiger partial charge >= 0.3 is 0 Å². The number of pyridine rings is 1. The quantitative estimate of drug-likeness (QED) is 0.747. The number of rotatable bonds is 3. The van der Waals surface area contributed by atoms with Crippen LogP contribution in [-0.2, 0) is 19.5 Å². The third-order valence-electron chi connectivity index (χ3n) is 4.51. The van der Waals surface area contributed by atoms with Crippen LogP contribution in [0, 0.1) is 6.92 Å². The van der Waals surface area contributed by atoms with Crippen molar-refractivity contribution in [3.8, 4) is 11.4 Å². The lowest BCUT2D eigenvalue weighted by Gasteiger charge is -2.27. The molecule has 0 unspecified atom stereocenters. The number of anilines is 1. The third kappa shape index (κ3) is 3.51. The molecule has 25 heavy (non-hydrogen) atoms. The standard InChI is InChI=1S/C20H21N5/c1-14-3-2-4-18(23-14)13-25-10-9-19-16(12-25)11-22-20(24-19)15-5-7-17(21)8-6-15/h2-8,11H,9-10,12-13,21H2,1H3. The molecule has 0 atom stereocenters. The molecule has 2 N–H and O–H groups in total. The first-order valence-electron chi connectivity index (χ1n) is 8.53. The Morgan fingerprint density at radius 3 is 2.72 bits per heavy atom. The lowest BCUT2D eigenvalue weighted by molar-refractivity contribution is 0.240. The van der Waals surface area contributed by atoms with Gasteiger partial charge in [0.2, 0.25) is 0 Å². The van der Waals surface area contributed by atoms with E-state index in [1.165, 1.54) is 5.56 Å². The highest BCUT2D eigenvalue weighted by Crippen LogP contribution is 2.22. The minimum Gasteiger partial charge on any atom is -0.399 e. The average molecular weight is 331 g/mol. The SMILES string of the molecule is Cc1cccc(CN2CCc3nc(-c4ccc(N)cc4)ncc3C2)n1. The number of hydrogen-bond acceptors (Lipinski definition) is 5. The number of aromatic nitrogens is 3. The van der Waals surface area contributed by atoms with Gasteiger partial charge in [0.05, 0.1) is 11.4 Å². The van der Waals surface area contributed by atoms with Gasteiger partial charge in [-0.05, 0) is 43.3 Å². The Hall–Kier alpha value is -2.79. The van der Waals surface area contributed by atoms with Crippen LogP contribution in [0.4, 0.5) is 5.69 Å². The minimum absolute atomic E-state index is 0.752. The van der Waals surface area contributed by atoms with E-state index in [0.717, 1.165) is 60.2 Å². The summed E-state index contributed by atoms with van der Waals surface area (Å²) in [5.41, 5.74) is 12.0. The molecule has 0 radical (unpaired) electrons. The molecule has 1 aliphatic heterocycles. The fraction of sp³-hybridized carbons (Fsp3) is 0.250. The van der Waals surface area contributed by atoms with E-state index in [0.29, 0.717) is 0 Å². The maximum absolute atomic E-state index is 5.75. The number of nitrogens with two attached hydrogens (primary N) is 1. The molecule has 126 valence electrons. The fourth-order valence-electron chi connectivity index (χ4n) is 3.20. The predicted octanol–water partition coefficient (Wildman–Crippen LogP) is 2.99. The third-order valence-corrected chi connectivity index (χ3v) is 4.51. The summed E-state index contributed by atoms with van der Waals surface area (Å²) in [5, 5.41) is 0. The van der Waals surface area contributed by atoms with Crippen LogP contribution in [0.2, 0.25) is 0 Å². The normalized spacial score (nSPS) is 14.3. The van der Waals surface area contributed by atoms with Gasteiger partial charge in [0, 0.05) is 54.8 Å². The maximum Gasteiger partial charge on any atom is 0.159 e. The van der Waals surface area contributed by atoms with Crippen molar-refractivity contribution in [2.45, 2.75) is 26.4 Å². The first-order valence-corrected chi connectivity index (χ1v) is 8.53. The second-order valence-corrected chi connectivity index (χ2v) is 6.52. The van der Waals surface area contributed by atoms with Crippen LogP contribution < -0.4 is 5.73 Å². The van der Waals surface area contributed by atoms with Crippen molar-refractivity contribution < 1.29 is 0 Å². The summed E-state index contributed by atoms with van der Waals surface area (Å²) in [4.78, 5) is 16.3. The van der Waals surface area contributed by atoms with Crippen LogP contribution in [0.5, 0.6) is 0 Å². The maximum atomic E-state index is 5.75. The van der Waals surface area contributed by atoms with Gasteiger partial charge in [-0.1, -0.05) is 6.07 Å². The van der Waals surface area contributed by atoms with E-state index >= 15 is 0 Å². The molecule has 5 heteroatoms. The van der Waals surface area contributed by atoms with Crippen molar-refractivity contribution in [2.75, 3.05) is 12.3 Å². The summed E-state index contributed by atoms with van der Waals surface area (Å²) in [5.74, 6) is 0.771. The van der Waals surface area contributed by atoms with Gasteiger partial charge in [-0.25, -0.2) is 9.97 Å². The number of fused-ring (bicyclic) bond motifs is 1. The van der Waals surface area contributed by atoms with E-state index in [-0.39, 0.29) is 0 Å². The van der Waals surface area contributed by atoms with E-state index in [9.17, 15) is 0 Å². The molecule has 5 nitrogen and oxygen atoms in total. The summed E-state index contributed by atoms with van der Waals surface area (Å²) in [6.07, 6.45) is 2.90. The van der Waals surface area contributed by atoms with Gasteiger partial charge in [0.1, 0.15) is 0 Å². The highest BCUT2D eigenvalue weighted by molar-refractivity contribution is 5.58. The van der Waals surface area contributed by atoms with Crippen LogP contribution in [0.3, 0.4) is 0 Å². The molecule has 0 saturated carbocycles. The molecule has 1 aliphatic rings. The monoisotopic (exact) mass is 331 g/mol. The molecule has 3 aromatic rings. The predicted molar refractivity (Wildman–Crippen MR) is 98.7 cm³/mol. The molecular weight excluding hydrogens is 310 g/mol. The first-order chi connectivity index (χ1) is 12.2. The van der Waals surface area contributed by atoms with Crippen LogP contribution in [0.25, 0.3) is 11.4 Å². The van der Waals surface area contributed by atoms with Gasteiger partial charge in [-0.3, -0.25) is 9.88 Å². The van der Waals surface area contributed by atoms with E-state index < -0.39 is 0 Å². The minimum atomic E-state index is 0.752. The number of nitrogens with zero attached hydrogens (tertiary/aromatic N) is 4. The summed E-state index contributed by atoms with van der Waals surface area (Å²) in [6.45, 7) is 4.75. The smallest absolute Gasteiger partial charge is 0.159 e. The van der Waals surface area contributed by atoms with Gasteiger partial charge in [-0.15, -0.1) is 0 Å². The van der Waals surface area contributed by atoms with E-state index in [1.807, 2.05) is 43.5 Å². The lowest BCUT2D eigenvalue weighted by atomic mass is 10.1. The van der Waals surface area contributed by atoms with Crippen molar-refractivity contribution in [3.05, 3.63) is 71.3 Å². The average Bonchev–Trinajstić information content (AvgIpc) is 2.62. The van der Waals surface area contributed by atoms with Crippen molar-refractivity contribution in [1.29, 1.82) is 0 Å². The second kappa shape index (κ2) is 6.61. The van der Waals surface area contributed by atoms with Crippen LogP contribution in [-0.4, -0.2) is 26.4 Å². The topological polar surface area (TPSA) is 67.9 Å². The number of hydrogen-bond donors (Lipinski definition) is 1. The number of aryl methyl sites for hydroxylation is 1. The highest BCUT2D eigenvalue weighted by Gasteiger charge is 2.19. The molecule has 1 aromatic carbocycles. The molecule has 4 rings (SSSR count). The largest absolute Gasteiger partial charge is 0.399 e. The summed E-state index contributed by atoms with van der Waals surface area (Å²) in [7, 11) is 0. The van der Waals surface area contributed by atoms with Crippen molar-refractivity contribution >= 4 is 5.69 Å². The zero-order valence-corrected chi connectivity index (χ0v) is 14.3. The van der Waals surface area contributed by atoms with Gasteiger partial charge in [0.25, 0.3) is 0 Å². The van der Waals surface area contributed by atoms with Crippen molar-refractivity contribution in [1.82, 2.24) is 19.9 Å². The van der Waals surface area contributed by atoms with Crippen molar-refractivity contribution in [2.24, 2.45) is 0 Å². The Morgan fingerprint density at radius 2 is 1.92 bits per heavy atom. The molecule has 0 bridgehead atoms. The summed E-state index contributed by atoms with van der Waals surface area (Å²) >= 11 is 0. The van der Waals surface area contributed by atoms with Crippen molar-refractivity contribution in [3.63, 3.8) is 0 Å². The van der Waals surface area contributed by atoms with Gasteiger partial charge in [-0.2, -0.15) is 0 Å². The molecule has 0 saturated heterocycles. The molecule has 0 amide bonds. The van der Waals surface area contributed by atoms with Gasteiger partial charge in [0.15, 0.2) is 5.82 Å². The Morgan fingerprint density at radius 1 is 1.08 bits per heavy atom. The molecule has 2 aromatic heterocycles. The van der Waals surface area contributed by atoms with Gasteiger partial charge < -0.3 is 5.73 Å². The molecule has 0 aliphatic carbocycles. The lowest BCUT2D eigenvalue weighted by Crippen LogP contribution is -2.31. The first kappa shape index (κ1) is 15.7.